The maximum Gasteiger partial charge on any atom is 0.261 e. The van der Waals surface area contributed by atoms with Gasteiger partial charge in [-0.25, -0.2) is 8.42 Å². The van der Waals surface area contributed by atoms with E-state index in [2.05, 4.69) is 5.32 Å². The van der Waals surface area contributed by atoms with E-state index in [0.717, 1.165) is 23.3 Å². The van der Waals surface area contributed by atoms with E-state index in [4.69, 9.17) is 0 Å². The van der Waals surface area contributed by atoms with Crippen LogP contribution in [0.2, 0.25) is 0 Å². The van der Waals surface area contributed by atoms with Crippen molar-refractivity contribution < 1.29 is 13.2 Å². The standard InChI is InChI=1S/C19H17NO3S2/c21-19(20-14-13-15-7-3-1-4-8-15)17-11-12-18(24-17)25(22,23)16-9-5-2-6-10-16/h1-12H,13-14H2,(H,20,21). The molecule has 0 atom stereocenters. The van der Waals surface area contributed by atoms with Gasteiger partial charge >= 0.3 is 0 Å². The van der Waals surface area contributed by atoms with Gasteiger partial charge in [0.1, 0.15) is 4.21 Å². The normalized spacial score (nSPS) is 11.2. The lowest BCUT2D eigenvalue weighted by Gasteiger charge is -2.04. The number of carbonyl (C=O) groups is 1. The number of carbonyl (C=O) groups excluding carboxylic acids is 1. The summed E-state index contributed by atoms with van der Waals surface area (Å²) < 4.78 is 25.3. The van der Waals surface area contributed by atoms with Crippen molar-refractivity contribution in [3.8, 4) is 0 Å². The average molecular weight is 371 g/mol. The molecule has 0 spiro atoms. The van der Waals surface area contributed by atoms with Crippen molar-refractivity contribution in [1.82, 2.24) is 5.32 Å². The number of rotatable bonds is 6. The highest BCUT2D eigenvalue weighted by atomic mass is 32.2. The van der Waals surface area contributed by atoms with Crippen LogP contribution in [0.5, 0.6) is 0 Å². The Labute approximate surface area is 151 Å². The molecular weight excluding hydrogens is 354 g/mol. The lowest BCUT2D eigenvalue weighted by Crippen LogP contribution is -2.24. The Bertz CT molecular complexity index is 949. The number of sulfone groups is 1. The third kappa shape index (κ3) is 4.15. The molecule has 6 heteroatoms. The smallest absolute Gasteiger partial charge is 0.261 e. The summed E-state index contributed by atoms with van der Waals surface area (Å²) in [5, 5.41) is 2.83. The van der Waals surface area contributed by atoms with Gasteiger partial charge in [0.05, 0.1) is 9.77 Å². The lowest BCUT2D eigenvalue weighted by molar-refractivity contribution is 0.0958. The summed E-state index contributed by atoms with van der Waals surface area (Å²) in [5.41, 5.74) is 1.14. The van der Waals surface area contributed by atoms with E-state index in [1.54, 1.807) is 36.4 Å². The molecule has 0 aliphatic heterocycles. The highest BCUT2D eigenvalue weighted by Gasteiger charge is 2.21. The van der Waals surface area contributed by atoms with Gasteiger partial charge < -0.3 is 5.32 Å². The molecule has 1 heterocycles. The average Bonchev–Trinajstić information content (AvgIpc) is 3.14. The van der Waals surface area contributed by atoms with Crippen molar-refractivity contribution in [2.45, 2.75) is 15.5 Å². The summed E-state index contributed by atoms with van der Waals surface area (Å²) in [4.78, 5) is 12.8. The molecule has 0 unspecified atom stereocenters. The van der Waals surface area contributed by atoms with Crippen LogP contribution < -0.4 is 5.32 Å². The first-order valence-corrected chi connectivity index (χ1v) is 10.1. The van der Waals surface area contributed by atoms with Crippen LogP contribution in [0.15, 0.2) is 81.9 Å². The van der Waals surface area contributed by atoms with Crippen molar-refractivity contribution in [3.63, 3.8) is 0 Å². The molecule has 1 N–H and O–H groups in total. The second-order valence-electron chi connectivity index (χ2n) is 5.43. The van der Waals surface area contributed by atoms with Crippen LogP contribution in [-0.2, 0) is 16.3 Å². The highest BCUT2D eigenvalue weighted by molar-refractivity contribution is 7.93. The van der Waals surface area contributed by atoms with E-state index in [1.165, 1.54) is 6.07 Å². The van der Waals surface area contributed by atoms with Crippen molar-refractivity contribution >= 4 is 27.1 Å². The number of hydrogen-bond acceptors (Lipinski definition) is 4. The van der Waals surface area contributed by atoms with Gasteiger partial charge in [0, 0.05) is 6.54 Å². The number of benzene rings is 2. The van der Waals surface area contributed by atoms with Gasteiger partial charge in [-0.1, -0.05) is 48.5 Å². The Kier molecular flexibility index (Phi) is 5.31. The first kappa shape index (κ1) is 17.4. The molecule has 3 rings (SSSR count). The van der Waals surface area contributed by atoms with Gasteiger partial charge in [-0.05, 0) is 36.2 Å². The molecule has 3 aromatic rings. The maximum atomic E-state index is 12.5. The first-order chi connectivity index (χ1) is 12.1. The number of amides is 1. The van der Waals surface area contributed by atoms with Crippen LogP contribution in [0.25, 0.3) is 0 Å². The summed E-state index contributed by atoms with van der Waals surface area (Å²) >= 11 is 0.989. The molecule has 4 nitrogen and oxygen atoms in total. The molecule has 25 heavy (non-hydrogen) atoms. The molecule has 0 bridgehead atoms. The molecular formula is C19H17NO3S2. The third-order valence-corrected chi connectivity index (χ3v) is 7.01. The minimum atomic E-state index is -3.58. The van der Waals surface area contributed by atoms with Crippen molar-refractivity contribution in [1.29, 1.82) is 0 Å². The number of hydrogen-bond donors (Lipinski definition) is 1. The van der Waals surface area contributed by atoms with E-state index < -0.39 is 9.84 Å². The Morgan fingerprint density at radius 3 is 2.20 bits per heavy atom. The SMILES string of the molecule is O=C(NCCc1ccccc1)c1ccc(S(=O)(=O)c2ccccc2)s1. The zero-order valence-electron chi connectivity index (χ0n) is 13.4. The minimum absolute atomic E-state index is 0.173. The van der Waals surface area contributed by atoms with Gasteiger partial charge in [0.25, 0.3) is 5.91 Å². The van der Waals surface area contributed by atoms with Gasteiger partial charge in [-0.3, -0.25) is 4.79 Å². The van der Waals surface area contributed by atoms with E-state index >= 15 is 0 Å². The Balaban J connectivity index is 1.66. The topological polar surface area (TPSA) is 63.2 Å². The molecule has 0 aliphatic rings. The van der Waals surface area contributed by atoms with Gasteiger partial charge in [-0.15, -0.1) is 11.3 Å². The molecule has 0 aliphatic carbocycles. The van der Waals surface area contributed by atoms with Crippen molar-refractivity contribution in [2.75, 3.05) is 6.54 Å². The van der Waals surface area contributed by atoms with E-state index in [9.17, 15) is 13.2 Å². The largest absolute Gasteiger partial charge is 0.351 e. The van der Waals surface area contributed by atoms with Crippen LogP contribution >= 0.6 is 11.3 Å². The van der Waals surface area contributed by atoms with Crippen LogP contribution in [0, 0.1) is 0 Å². The van der Waals surface area contributed by atoms with Crippen LogP contribution in [0.3, 0.4) is 0 Å². The minimum Gasteiger partial charge on any atom is -0.351 e. The second-order valence-corrected chi connectivity index (χ2v) is 8.69. The molecule has 0 saturated carbocycles. The zero-order chi connectivity index (χ0) is 17.7. The molecule has 0 radical (unpaired) electrons. The third-order valence-electron chi connectivity index (χ3n) is 3.67. The highest BCUT2D eigenvalue weighted by Crippen LogP contribution is 2.27. The quantitative estimate of drug-likeness (QED) is 0.721. The lowest BCUT2D eigenvalue weighted by atomic mass is 10.1. The molecule has 0 fully saturated rings. The predicted octanol–water partition coefficient (Wildman–Crippen LogP) is 3.55. The van der Waals surface area contributed by atoms with Crippen LogP contribution in [0.4, 0.5) is 0 Å². The molecule has 2 aromatic carbocycles. The van der Waals surface area contributed by atoms with Crippen LogP contribution in [0.1, 0.15) is 15.2 Å². The van der Waals surface area contributed by atoms with Gasteiger partial charge in [0.15, 0.2) is 0 Å². The number of nitrogens with one attached hydrogen (secondary N) is 1. The zero-order valence-corrected chi connectivity index (χ0v) is 15.0. The summed E-state index contributed by atoms with van der Waals surface area (Å²) in [6, 6.07) is 21.1. The van der Waals surface area contributed by atoms with Crippen molar-refractivity contribution in [2.24, 2.45) is 0 Å². The Morgan fingerprint density at radius 2 is 1.52 bits per heavy atom. The van der Waals surface area contributed by atoms with E-state index in [1.807, 2.05) is 30.3 Å². The fourth-order valence-electron chi connectivity index (χ4n) is 2.35. The first-order valence-electron chi connectivity index (χ1n) is 7.79. The fraction of sp³-hybridized carbons (Fsp3) is 0.105. The van der Waals surface area contributed by atoms with Crippen LogP contribution in [-0.4, -0.2) is 20.9 Å². The maximum absolute atomic E-state index is 12.5. The van der Waals surface area contributed by atoms with Crippen molar-refractivity contribution in [3.05, 3.63) is 83.2 Å². The van der Waals surface area contributed by atoms with Gasteiger partial charge in [-0.2, -0.15) is 0 Å². The van der Waals surface area contributed by atoms with E-state index in [-0.39, 0.29) is 15.0 Å². The predicted molar refractivity (Wildman–Crippen MR) is 98.7 cm³/mol. The van der Waals surface area contributed by atoms with Gasteiger partial charge in [0.2, 0.25) is 9.84 Å². The fourth-order valence-corrected chi connectivity index (χ4v) is 5.00. The molecule has 0 saturated heterocycles. The molecule has 128 valence electrons. The Hall–Kier alpha value is -2.44. The summed E-state index contributed by atoms with van der Waals surface area (Å²) in [6.45, 7) is 0.502. The number of thiophene rings is 1. The second kappa shape index (κ2) is 7.63. The van der Waals surface area contributed by atoms with E-state index in [0.29, 0.717) is 11.4 Å². The summed E-state index contributed by atoms with van der Waals surface area (Å²) in [6.07, 6.45) is 0.729. The Morgan fingerprint density at radius 1 is 0.880 bits per heavy atom. The molecule has 1 aromatic heterocycles. The summed E-state index contributed by atoms with van der Waals surface area (Å²) in [7, 11) is -3.58. The molecule has 1 amide bonds. The summed E-state index contributed by atoms with van der Waals surface area (Å²) in [5.74, 6) is -0.254. The monoisotopic (exact) mass is 371 g/mol.